The fourth-order valence-electron chi connectivity index (χ4n) is 2.11. The van der Waals surface area contributed by atoms with Crippen LogP contribution in [0.1, 0.15) is 28.4 Å². The van der Waals surface area contributed by atoms with Gasteiger partial charge in [0, 0.05) is 5.33 Å². The number of benzene rings is 2. The highest BCUT2D eigenvalue weighted by atomic mass is 79.9. The number of amides is 1. The normalized spacial score (nSPS) is 13.5. The molecule has 1 unspecified atom stereocenters. The number of rotatable bonds is 4. The first-order valence-corrected chi connectivity index (χ1v) is 7.78. The number of hydrogen-bond acceptors (Lipinski definition) is 1. The molecular weight excluding hydrogens is 333 g/mol. The van der Waals surface area contributed by atoms with Crippen molar-refractivity contribution >= 4 is 21.8 Å². The van der Waals surface area contributed by atoms with Crippen LogP contribution in [0.25, 0.3) is 0 Å². The summed E-state index contributed by atoms with van der Waals surface area (Å²) in [6.07, 6.45) is 0. The zero-order chi connectivity index (χ0) is 15.5. The number of aryl methyl sites for hydroxylation is 1. The molecule has 0 aliphatic carbocycles. The number of nitrogens with one attached hydrogen (secondary N) is 1. The average Bonchev–Trinajstić information content (AvgIpc) is 2.47. The average molecular weight is 350 g/mol. The molecule has 0 radical (unpaired) electrons. The topological polar surface area (TPSA) is 29.1 Å². The van der Waals surface area contributed by atoms with Crippen LogP contribution in [0.2, 0.25) is 0 Å². The van der Waals surface area contributed by atoms with E-state index in [1.807, 2.05) is 37.3 Å². The summed E-state index contributed by atoms with van der Waals surface area (Å²) >= 11 is 3.43. The molecule has 0 spiro atoms. The Labute approximate surface area is 132 Å². The minimum absolute atomic E-state index is 0.0590. The summed E-state index contributed by atoms with van der Waals surface area (Å²) in [5.41, 5.74) is 1.21. The lowest BCUT2D eigenvalue weighted by Gasteiger charge is -2.29. The van der Waals surface area contributed by atoms with Crippen LogP contribution in [-0.4, -0.2) is 11.2 Å². The lowest BCUT2D eigenvalue weighted by atomic mass is 9.93. The predicted octanol–water partition coefficient (Wildman–Crippen LogP) is 4.17. The lowest BCUT2D eigenvalue weighted by molar-refractivity contribution is 0.0910. The van der Waals surface area contributed by atoms with Crippen molar-refractivity contribution < 1.29 is 9.18 Å². The summed E-state index contributed by atoms with van der Waals surface area (Å²) < 4.78 is 13.9. The number of hydrogen-bond donors (Lipinski definition) is 1. The van der Waals surface area contributed by atoms with Gasteiger partial charge in [-0.05, 0) is 37.1 Å². The molecule has 110 valence electrons. The number of halogens is 2. The summed E-state index contributed by atoms with van der Waals surface area (Å²) in [5.74, 6) is -0.921. The first-order chi connectivity index (χ1) is 9.96. The fraction of sp³-hybridized carbons (Fsp3) is 0.235. The van der Waals surface area contributed by atoms with Crippen molar-refractivity contribution in [2.75, 3.05) is 5.33 Å². The van der Waals surface area contributed by atoms with Crippen LogP contribution in [-0.2, 0) is 5.54 Å². The summed E-state index contributed by atoms with van der Waals surface area (Å²) in [7, 11) is 0. The largest absolute Gasteiger partial charge is 0.342 e. The molecule has 0 saturated heterocycles. The van der Waals surface area contributed by atoms with Crippen LogP contribution < -0.4 is 5.32 Å². The summed E-state index contributed by atoms with van der Waals surface area (Å²) in [4.78, 5) is 12.4. The van der Waals surface area contributed by atoms with Gasteiger partial charge in [0.05, 0.1) is 11.1 Å². The van der Waals surface area contributed by atoms with Gasteiger partial charge in [-0.15, -0.1) is 0 Å². The van der Waals surface area contributed by atoms with E-state index in [0.29, 0.717) is 5.33 Å². The van der Waals surface area contributed by atoms with E-state index in [1.54, 1.807) is 13.0 Å². The minimum atomic E-state index is -0.602. The van der Waals surface area contributed by atoms with Gasteiger partial charge < -0.3 is 5.32 Å². The van der Waals surface area contributed by atoms with Crippen molar-refractivity contribution in [3.05, 3.63) is 71.0 Å². The van der Waals surface area contributed by atoms with Crippen molar-refractivity contribution in [2.45, 2.75) is 19.4 Å². The molecule has 0 aliphatic heterocycles. The first-order valence-electron chi connectivity index (χ1n) is 6.66. The maximum absolute atomic E-state index is 13.9. The van der Waals surface area contributed by atoms with Gasteiger partial charge in [-0.3, -0.25) is 4.79 Å². The molecule has 4 heteroatoms. The number of carbonyl (C=O) groups excluding carboxylic acids is 1. The molecule has 0 saturated carbocycles. The Morgan fingerprint density at radius 1 is 1.24 bits per heavy atom. The fourth-order valence-corrected chi connectivity index (χ4v) is 2.57. The SMILES string of the molecule is Cc1ccc(C(=O)NC(C)(CBr)c2ccccc2)c(F)c1. The van der Waals surface area contributed by atoms with Gasteiger partial charge in [-0.25, -0.2) is 4.39 Å². The molecule has 0 heterocycles. The van der Waals surface area contributed by atoms with Gasteiger partial charge in [0.1, 0.15) is 5.82 Å². The highest BCUT2D eigenvalue weighted by Crippen LogP contribution is 2.24. The zero-order valence-electron chi connectivity index (χ0n) is 12.0. The van der Waals surface area contributed by atoms with Crippen LogP contribution in [0.15, 0.2) is 48.5 Å². The molecule has 1 amide bonds. The van der Waals surface area contributed by atoms with E-state index < -0.39 is 17.3 Å². The summed E-state index contributed by atoms with van der Waals surface area (Å²) in [5, 5.41) is 3.44. The van der Waals surface area contributed by atoms with Gasteiger partial charge >= 0.3 is 0 Å². The maximum Gasteiger partial charge on any atom is 0.254 e. The maximum atomic E-state index is 13.9. The van der Waals surface area contributed by atoms with E-state index in [0.717, 1.165) is 11.1 Å². The van der Waals surface area contributed by atoms with E-state index >= 15 is 0 Å². The van der Waals surface area contributed by atoms with E-state index in [9.17, 15) is 9.18 Å². The standard InChI is InChI=1S/C17H17BrFNO/c1-12-8-9-14(15(19)10-12)16(21)20-17(2,11-18)13-6-4-3-5-7-13/h3-10H,11H2,1-2H3,(H,20,21). The molecule has 0 aromatic heterocycles. The monoisotopic (exact) mass is 349 g/mol. The van der Waals surface area contributed by atoms with Gasteiger partial charge in [-0.1, -0.05) is 52.3 Å². The van der Waals surface area contributed by atoms with Crippen molar-refractivity contribution in [3.8, 4) is 0 Å². The molecule has 2 aromatic rings. The van der Waals surface area contributed by atoms with E-state index in [4.69, 9.17) is 0 Å². The minimum Gasteiger partial charge on any atom is -0.342 e. The van der Waals surface area contributed by atoms with Crippen molar-refractivity contribution in [1.29, 1.82) is 0 Å². The Bertz CT molecular complexity index is 644. The molecule has 1 N–H and O–H groups in total. The Morgan fingerprint density at radius 3 is 2.48 bits per heavy atom. The van der Waals surface area contributed by atoms with Crippen LogP contribution >= 0.6 is 15.9 Å². The Balaban J connectivity index is 2.28. The second-order valence-electron chi connectivity index (χ2n) is 5.27. The van der Waals surface area contributed by atoms with E-state index in [2.05, 4.69) is 21.2 Å². The first kappa shape index (κ1) is 15.7. The molecule has 0 fully saturated rings. The summed E-state index contributed by atoms with van der Waals surface area (Å²) in [6, 6.07) is 14.2. The Kier molecular flexibility index (Phi) is 4.78. The third-order valence-corrected chi connectivity index (χ3v) is 4.56. The second kappa shape index (κ2) is 6.39. The van der Waals surface area contributed by atoms with Crippen LogP contribution in [0.4, 0.5) is 4.39 Å². The highest BCUT2D eigenvalue weighted by molar-refractivity contribution is 9.09. The van der Waals surface area contributed by atoms with Gasteiger partial charge in [0.15, 0.2) is 0 Å². The van der Waals surface area contributed by atoms with Gasteiger partial charge in [0.2, 0.25) is 0 Å². The van der Waals surface area contributed by atoms with E-state index in [1.165, 1.54) is 12.1 Å². The third kappa shape index (κ3) is 3.50. The van der Waals surface area contributed by atoms with Crippen molar-refractivity contribution in [1.82, 2.24) is 5.32 Å². The molecule has 21 heavy (non-hydrogen) atoms. The second-order valence-corrected chi connectivity index (χ2v) is 5.83. The predicted molar refractivity (Wildman–Crippen MR) is 86.2 cm³/mol. The zero-order valence-corrected chi connectivity index (χ0v) is 13.6. The Morgan fingerprint density at radius 2 is 1.90 bits per heavy atom. The van der Waals surface area contributed by atoms with Crippen molar-refractivity contribution in [3.63, 3.8) is 0 Å². The van der Waals surface area contributed by atoms with Crippen LogP contribution in [0.3, 0.4) is 0 Å². The van der Waals surface area contributed by atoms with Crippen molar-refractivity contribution in [2.24, 2.45) is 0 Å². The molecular formula is C17H17BrFNO. The molecule has 0 bridgehead atoms. The van der Waals surface area contributed by atoms with Crippen LogP contribution in [0.5, 0.6) is 0 Å². The van der Waals surface area contributed by atoms with Gasteiger partial charge in [-0.2, -0.15) is 0 Å². The molecule has 2 aromatic carbocycles. The lowest BCUT2D eigenvalue weighted by Crippen LogP contribution is -2.45. The highest BCUT2D eigenvalue weighted by Gasteiger charge is 2.28. The smallest absolute Gasteiger partial charge is 0.254 e. The molecule has 2 rings (SSSR count). The number of carbonyl (C=O) groups is 1. The molecule has 2 nitrogen and oxygen atoms in total. The van der Waals surface area contributed by atoms with E-state index in [-0.39, 0.29) is 5.56 Å². The summed E-state index contributed by atoms with van der Waals surface area (Å²) in [6.45, 7) is 3.69. The third-order valence-electron chi connectivity index (χ3n) is 3.44. The van der Waals surface area contributed by atoms with Gasteiger partial charge in [0.25, 0.3) is 5.91 Å². The van der Waals surface area contributed by atoms with Crippen LogP contribution in [0, 0.1) is 12.7 Å². The molecule has 0 aliphatic rings. The quantitative estimate of drug-likeness (QED) is 0.824. The Hall–Kier alpha value is -1.68. The number of alkyl halides is 1. The molecule has 1 atom stereocenters.